The Morgan fingerprint density at radius 3 is 2.47 bits per heavy atom. The van der Waals surface area contributed by atoms with Gasteiger partial charge in [-0.25, -0.2) is 4.98 Å². The zero-order chi connectivity index (χ0) is 12.3. The lowest BCUT2D eigenvalue weighted by atomic mass is 10.3. The zero-order valence-corrected chi connectivity index (χ0v) is 9.79. The van der Waals surface area contributed by atoms with Crippen LogP contribution in [0.3, 0.4) is 0 Å². The standard InChI is InChI=1S/C12H14N4O/c1-16(12-14-8-7-11(13)15-12)9-3-5-10(17-2)6-4-9/h3-8H,1-2H3,(H2,13,14,15). The number of aromatic nitrogens is 2. The van der Waals surface area contributed by atoms with E-state index in [9.17, 15) is 0 Å². The summed E-state index contributed by atoms with van der Waals surface area (Å²) in [6.07, 6.45) is 1.64. The summed E-state index contributed by atoms with van der Waals surface area (Å²) in [4.78, 5) is 10.2. The van der Waals surface area contributed by atoms with Crippen LogP contribution in [0, 0.1) is 0 Å². The van der Waals surface area contributed by atoms with Crippen LogP contribution in [0.5, 0.6) is 5.75 Å². The molecule has 1 heterocycles. The van der Waals surface area contributed by atoms with Gasteiger partial charge in [-0.3, -0.25) is 0 Å². The summed E-state index contributed by atoms with van der Waals surface area (Å²) in [6.45, 7) is 0. The average Bonchev–Trinajstić information content (AvgIpc) is 2.38. The third kappa shape index (κ3) is 2.44. The summed E-state index contributed by atoms with van der Waals surface area (Å²) >= 11 is 0. The summed E-state index contributed by atoms with van der Waals surface area (Å²) < 4.78 is 5.10. The number of benzene rings is 1. The van der Waals surface area contributed by atoms with Crippen LogP contribution in [0.4, 0.5) is 17.5 Å². The fourth-order valence-electron chi connectivity index (χ4n) is 1.44. The topological polar surface area (TPSA) is 64.3 Å². The smallest absolute Gasteiger partial charge is 0.231 e. The number of nitrogen functional groups attached to an aromatic ring is 1. The maximum atomic E-state index is 5.62. The molecule has 0 amide bonds. The molecule has 2 N–H and O–H groups in total. The molecule has 0 spiro atoms. The van der Waals surface area contributed by atoms with E-state index in [4.69, 9.17) is 10.5 Å². The first-order valence-corrected chi connectivity index (χ1v) is 5.17. The highest BCUT2D eigenvalue weighted by Crippen LogP contribution is 2.22. The van der Waals surface area contributed by atoms with Crippen molar-refractivity contribution in [2.75, 3.05) is 24.8 Å². The third-order valence-corrected chi connectivity index (χ3v) is 2.42. The number of rotatable bonds is 3. The number of methoxy groups -OCH3 is 1. The first kappa shape index (κ1) is 11.2. The summed E-state index contributed by atoms with van der Waals surface area (Å²) in [5.41, 5.74) is 6.59. The highest BCUT2D eigenvalue weighted by Gasteiger charge is 2.06. The number of nitrogens with zero attached hydrogens (tertiary/aromatic N) is 3. The SMILES string of the molecule is COc1ccc(N(C)c2nccc(N)n2)cc1. The fourth-order valence-corrected chi connectivity index (χ4v) is 1.44. The van der Waals surface area contributed by atoms with Crippen molar-refractivity contribution in [2.24, 2.45) is 0 Å². The maximum absolute atomic E-state index is 5.62. The van der Waals surface area contributed by atoms with Gasteiger partial charge < -0.3 is 15.4 Å². The van der Waals surface area contributed by atoms with Crippen molar-refractivity contribution in [1.29, 1.82) is 0 Å². The van der Waals surface area contributed by atoms with E-state index in [0.717, 1.165) is 11.4 Å². The number of nitrogens with two attached hydrogens (primary N) is 1. The minimum absolute atomic E-state index is 0.454. The molecular formula is C12H14N4O. The van der Waals surface area contributed by atoms with Gasteiger partial charge in [0.1, 0.15) is 11.6 Å². The Morgan fingerprint density at radius 1 is 1.18 bits per heavy atom. The molecule has 88 valence electrons. The molecule has 0 radical (unpaired) electrons. The van der Waals surface area contributed by atoms with Crippen LogP contribution in [-0.2, 0) is 0 Å². The van der Waals surface area contributed by atoms with E-state index in [1.807, 2.05) is 36.2 Å². The normalized spacial score (nSPS) is 10.0. The molecule has 0 saturated heterocycles. The largest absolute Gasteiger partial charge is 0.497 e. The fraction of sp³-hybridized carbons (Fsp3) is 0.167. The molecule has 0 atom stereocenters. The summed E-state index contributed by atoms with van der Waals surface area (Å²) in [5, 5.41) is 0. The van der Waals surface area contributed by atoms with Crippen molar-refractivity contribution >= 4 is 17.5 Å². The molecule has 5 heteroatoms. The van der Waals surface area contributed by atoms with E-state index >= 15 is 0 Å². The van der Waals surface area contributed by atoms with Crippen LogP contribution in [-0.4, -0.2) is 24.1 Å². The van der Waals surface area contributed by atoms with Gasteiger partial charge in [-0.1, -0.05) is 0 Å². The predicted molar refractivity (Wildman–Crippen MR) is 67.5 cm³/mol. The number of hydrogen-bond donors (Lipinski definition) is 1. The second-order valence-corrected chi connectivity index (χ2v) is 3.54. The van der Waals surface area contributed by atoms with Gasteiger partial charge in [-0.2, -0.15) is 4.98 Å². The van der Waals surface area contributed by atoms with E-state index in [-0.39, 0.29) is 0 Å². The predicted octanol–water partition coefficient (Wildman–Crippen LogP) is 1.84. The summed E-state index contributed by atoms with van der Waals surface area (Å²) in [7, 11) is 3.52. The van der Waals surface area contributed by atoms with Crippen molar-refractivity contribution < 1.29 is 4.74 Å². The quantitative estimate of drug-likeness (QED) is 0.871. The molecule has 0 aliphatic carbocycles. The van der Waals surface area contributed by atoms with Gasteiger partial charge in [0.05, 0.1) is 7.11 Å². The van der Waals surface area contributed by atoms with Gasteiger partial charge in [-0.05, 0) is 30.3 Å². The van der Waals surface area contributed by atoms with Gasteiger partial charge in [-0.15, -0.1) is 0 Å². The monoisotopic (exact) mass is 230 g/mol. The minimum Gasteiger partial charge on any atom is -0.497 e. The Bertz CT molecular complexity index is 498. The Morgan fingerprint density at radius 2 is 1.88 bits per heavy atom. The minimum atomic E-state index is 0.454. The summed E-state index contributed by atoms with van der Waals surface area (Å²) in [6, 6.07) is 9.30. The lowest BCUT2D eigenvalue weighted by Gasteiger charge is -2.17. The average molecular weight is 230 g/mol. The van der Waals surface area contributed by atoms with E-state index in [1.165, 1.54) is 0 Å². The maximum Gasteiger partial charge on any atom is 0.231 e. The molecule has 17 heavy (non-hydrogen) atoms. The Labute approximate surface area is 99.9 Å². The van der Waals surface area contributed by atoms with Crippen LogP contribution in [0.1, 0.15) is 0 Å². The van der Waals surface area contributed by atoms with Crippen LogP contribution in [0.15, 0.2) is 36.5 Å². The number of hydrogen-bond acceptors (Lipinski definition) is 5. The number of anilines is 3. The Balaban J connectivity index is 2.27. The lowest BCUT2D eigenvalue weighted by Crippen LogP contribution is -2.13. The third-order valence-electron chi connectivity index (χ3n) is 2.42. The van der Waals surface area contributed by atoms with Crippen molar-refractivity contribution in [1.82, 2.24) is 9.97 Å². The zero-order valence-electron chi connectivity index (χ0n) is 9.79. The number of ether oxygens (including phenoxy) is 1. The molecule has 5 nitrogen and oxygen atoms in total. The van der Waals surface area contributed by atoms with Crippen LogP contribution < -0.4 is 15.4 Å². The highest BCUT2D eigenvalue weighted by molar-refractivity contribution is 5.58. The lowest BCUT2D eigenvalue weighted by molar-refractivity contribution is 0.415. The van der Waals surface area contributed by atoms with E-state index in [1.54, 1.807) is 19.4 Å². The van der Waals surface area contributed by atoms with E-state index in [0.29, 0.717) is 11.8 Å². The van der Waals surface area contributed by atoms with Crippen LogP contribution >= 0.6 is 0 Å². The highest BCUT2D eigenvalue weighted by atomic mass is 16.5. The van der Waals surface area contributed by atoms with Crippen LogP contribution in [0.2, 0.25) is 0 Å². The van der Waals surface area contributed by atoms with Gasteiger partial charge >= 0.3 is 0 Å². The van der Waals surface area contributed by atoms with Gasteiger partial charge in [0, 0.05) is 18.9 Å². The molecule has 1 aromatic heterocycles. The second-order valence-electron chi connectivity index (χ2n) is 3.54. The van der Waals surface area contributed by atoms with E-state index in [2.05, 4.69) is 9.97 Å². The van der Waals surface area contributed by atoms with Gasteiger partial charge in [0.15, 0.2) is 0 Å². The molecule has 0 fully saturated rings. The molecular weight excluding hydrogens is 216 g/mol. The van der Waals surface area contributed by atoms with Gasteiger partial charge in [0.25, 0.3) is 0 Å². The van der Waals surface area contributed by atoms with Crippen LogP contribution in [0.25, 0.3) is 0 Å². The van der Waals surface area contributed by atoms with Crippen molar-refractivity contribution in [3.05, 3.63) is 36.5 Å². The van der Waals surface area contributed by atoms with Gasteiger partial charge in [0.2, 0.25) is 5.95 Å². The van der Waals surface area contributed by atoms with Crippen molar-refractivity contribution in [3.63, 3.8) is 0 Å². The van der Waals surface area contributed by atoms with E-state index < -0.39 is 0 Å². The molecule has 0 unspecified atom stereocenters. The molecule has 2 rings (SSSR count). The second kappa shape index (κ2) is 4.69. The first-order valence-electron chi connectivity index (χ1n) is 5.17. The molecule has 0 aliphatic heterocycles. The first-order chi connectivity index (χ1) is 8.20. The molecule has 0 saturated carbocycles. The molecule has 0 bridgehead atoms. The summed E-state index contributed by atoms with van der Waals surface area (Å²) in [5.74, 6) is 1.83. The van der Waals surface area contributed by atoms with Crippen molar-refractivity contribution in [3.8, 4) is 5.75 Å². The Kier molecular flexibility index (Phi) is 3.09. The Hall–Kier alpha value is -2.30. The molecule has 2 aromatic rings. The molecule has 0 aliphatic rings. The molecule has 1 aromatic carbocycles. The van der Waals surface area contributed by atoms with Crippen molar-refractivity contribution in [2.45, 2.75) is 0 Å².